The zero-order valence-corrected chi connectivity index (χ0v) is 24.8. The molecule has 0 saturated carbocycles. The van der Waals surface area contributed by atoms with Crippen LogP contribution in [0.25, 0.3) is 0 Å². The summed E-state index contributed by atoms with van der Waals surface area (Å²) in [4.78, 5) is 40.1. The molecule has 0 spiro atoms. The lowest BCUT2D eigenvalue weighted by Crippen LogP contribution is -2.47. The van der Waals surface area contributed by atoms with Crippen molar-refractivity contribution in [3.05, 3.63) is 88.2 Å². The maximum atomic E-state index is 13.2. The van der Waals surface area contributed by atoms with Crippen LogP contribution in [0, 0.1) is 5.82 Å². The Hall–Kier alpha value is -3.90. The van der Waals surface area contributed by atoms with Gasteiger partial charge in [-0.2, -0.15) is 0 Å². The minimum absolute atomic E-state index is 0.0806. The summed E-state index contributed by atoms with van der Waals surface area (Å²) in [6.07, 6.45) is 3.44. The number of esters is 1. The Morgan fingerprint density at radius 1 is 1.02 bits per heavy atom. The van der Waals surface area contributed by atoms with Crippen LogP contribution in [0.2, 0.25) is 5.02 Å². The Balaban J connectivity index is 1.68. The normalized spacial score (nSPS) is 13.7. The van der Waals surface area contributed by atoms with E-state index >= 15 is 0 Å². The molecule has 220 valence electrons. The van der Waals surface area contributed by atoms with Crippen LogP contribution in [0.3, 0.4) is 0 Å². The summed E-state index contributed by atoms with van der Waals surface area (Å²) in [6.45, 7) is 7.25. The number of nitrogens with zero attached hydrogens (tertiary/aromatic N) is 2. The molecule has 0 radical (unpaired) electrons. The van der Waals surface area contributed by atoms with E-state index in [1.54, 1.807) is 31.5 Å². The van der Waals surface area contributed by atoms with Crippen molar-refractivity contribution in [3.8, 4) is 5.75 Å². The summed E-state index contributed by atoms with van der Waals surface area (Å²) in [7, 11) is -4.27. The summed E-state index contributed by atoms with van der Waals surface area (Å²) in [6, 6.07) is 10.4. The van der Waals surface area contributed by atoms with E-state index in [1.807, 2.05) is 16.5 Å². The number of halogens is 2. The van der Waals surface area contributed by atoms with Crippen molar-refractivity contribution in [1.82, 2.24) is 14.5 Å². The summed E-state index contributed by atoms with van der Waals surface area (Å²) in [5.41, 5.74) is 0.655. The number of carbonyl (C=O) groups excluding carboxylic acids is 3. The molecular formula is C28H31ClFN3O7S. The molecule has 0 aromatic heterocycles. The first kappa shape index (κ1) is 31.6. The van der Waals surface area contributed by atoms with Gasteiger partial charge >= 0.3 is 5.97 Å². The van der Waals surface area contributed by atoms with E-state index in [2.05, 4.69) is 0 Å². The van der Waals surface area contributed by atoms with Gasteiger partial charge in [-0.25, -0.2) is 17.5 Å². The van der Waals surface area contributed by atoms with Gasteiger partial charge in [0, 0.05) is 47.8 Å². The zero-order valence-electron chi connectivity index (χ0n) is 23.2. The highest BCUT2D eigenvalue weighted by molar-refractivity contribution is 7.89. The second kappa shape index (κ2) is 12.7. The lowest BCUT2D eigenvalue weighted by molar-refractivity contribution is -0.162. The molecule has 3 rings (SSSR count). The van der Waals surface area contributed by atoms with Gasteiger partial charge in [0.2, 0.25) is 10.0 Å². The minimum atomic E-state index is -4.27. The minimum Gasteiger partial charge on any atom is -0.483 e. The average molecular weight is 608 g/mol. The molecule has 2 aromatic rings. The topological polar surface area (TPSA) is 122 Å². The molecule has 10 nitrogen and oxygen atoms in total. The van der Waals surface area contributed by atoms with E-state index in [0.29, 0.717) is 12.2 Å². The Kier molecular flexibility index (Phi) is 9.82. The van der Waals surface area contributed by atoms with E-state index in [-0.39, 0.29) is 22.2 Å². The first-order valence-corrected chi connectivity index (χ1v) is 14.4. The molecule has 13 heteroatoms. The number of amides is 2. The molecular weight excluding hydrogens is 577 g/mol. The maximum Gasteiger partial charge on any atom is 0.303 e. The molecule has 0 fully saturated rings. The standard InChI is InChI=1S/C28H31ClFN3O7S/c1-18-14-33(19(2)13-32(18)15-21-6-9-24(30)10-7-21)26(35)16-39-25-11-8-23(29)12-22(25)17-41(37,38)31-27(36)28(4,5)40-20(3)34/h6-14H,15-17H2,1-5H3,(H,31,36). The molecule has 0 aliphatic carbocycles. The van der Waals surface area contributed by atoms with Crippen LogP contribution in [0.15, 0.2) is 66.3 Å². The van der Waals surface area contributed by atoms with Crippen LogP contribution in [-0.4, -0.2) is 48.2 Å². The fraction of sp³-hybridized carbons (Fsp3) is 0.321. The van der Waals surface area contributed by atoms with Crippen molar-refractivity contribution in [2.75, 3.05) is 6.61 Å². The van der Waals surface area contributed by atoms with Crippen LogP contribution in [-0.2, 0) is 41.4 Å². The van der Waals surface area contributed by atoms with Gasteiger partial charge in [-0.3, -0.25) is 19.3 Å². The fourth-order valence-electron chi connectivity index (χ4n) is 3.90. The predicted molar refractivity (Wildman–Crippen MR) is 150 cm³/mol. The molecule has 0 saturated heterocycles. The summed E-state index contributed by atoms with van der Waals surface area (Å²) < 4.78 is 51.2. The number of sulfonamides is 1. The van der Waals surface area contributed by atoms with Crippen molar-refractivity contribution in [1.29, 1.82) is 0 Å². The summed E-state index contributed by atoms with van der Waals surface area (Å²) in [5.74, 6) is -3.13. The fourth-order valence-corrected chi connectivity index (χ4v) is 5.33. The number of rotatable bonds is 10. The third-order valence-corrected chi connectivity index (χ3v) is 7.36. The smallest absolute Gasteiger partial charge is 0.303 e. The number of nitrogens with one attached hydrogen (secondary N) is 1. The van der Waals surface area contributed by atoms with Gasteiger partial charge in [0.1, 0.15) is 11.6 Å². The number of benzene rings is 2. The van der Waals surface area contributed by atoms with E-state index in [4.69, 9.17) is 21.1 Å². The summed E-state index contributed by atoms with van der Waals surface area (Å²) in [5, 5.41) is 0.218. The van der Waals surface area contributed by atoms with Gasteiger partial charge in [-0.05, 0) is 63.6 Å². The maximum absolute atomic E-state index is 13.2. The van der Waals surface area contributed by atoms with Gasteiger partial charge in [0.05, 0.1) is 5.75 Å². The van der Waals surface area contributed by atoms with Crippen LogP contribution >= 0.6 is 11.6 Å². The van der Waals surface area contributed by atoms with E-state index in [0.717, 1.165) is 18.2 Å². The molecule has 1 aliphatic heterocycles. The van der Waals surface area contributed by atoms with Crippen LogP contribution in [0.5, 0.6) is 5.75 Å². The quantitative estimate of drug-likeness (QED) is 0.399. The Morgan fingerprint density at radius 3 is 2.32 bits per heavy atom. The highest BCUT2D eigenvalue weighted by Crippen LogP contribution is 2.26. The van der Waals surface area contributed by atoms with Crippen molar-refractivity contribution in [2.45, 2.75) is 52.5 Å². The van der Waals surface area contributed by atoms with Gasteiger partial charge in [0.25, 0.3) is 11.8 Å². The second-order valence-electron chi connectivity index (χ2n) is 9.89. The first-order chi connectivity index (χ1) is 19.1. The lowest BCUT2D eigenvalue weighted by Gasteiger charge is -2.32. The van der Waals surface area contributed by atoms with Crippen molar-refractivity contribution < 1.29 is 36.7 Å². The van der Waals surface area contributed by atoms with Crippen molar-refractivity contribution in [3.63, 3.8) is 0 Å². The van der Waals surface area contributed by atoms with Crippen LogP contribution in [0.4, 0.5) is 4.39 Å². The van der Waals surface area contributed by atoms with Crippen molar-refractivity contribution >= 4 is 39.4 Å². The average Bonchev–Trinajstić information content (AvgIpc) is 2.85. The highest BCUT2D eigenvalue weighted by Gasteiger charge is 2.34. The Labute approximate surface area is 243 Å². The number of hydrogen-bond acceptors (Lipinski definition) is 8. The molecule has 2 amide bonds. The molecule has 1 aliphatic rings. The zero-order chi connectivity index (χ0) is 30.5. The molecule has 2 aromatic carbocycles. The SMILES string of the molecule is CC(=O)OC(C)(C)C(=O)NS(=O)(=O)Cc1cc(Cl)ccc1OCC(=O)N1C=C(C)N(Cc2ccc(F)cc2)C=C1C. The molecule has 0 unspecified atom stereocenters. The third kappa shape index (κ3) is 8.79. The molecule has 1 N–H and O–H groups in total. The monoisotopic (exact) mass is 607 g/mol. The molecule has 41 heavy (non-hydrogen) atoms. The van der Waals surface area contributed by atoms with Crippen molar-refractivity contribution in [2.24, 2.45) is 0 Å². The first-order valence-electron chi connectivity index (χ1n) is 12.4. The van der Waals surface area contributed by atoms with Crippen LogP contribution < -0.4 is 9.46 Å². The third-order valence-electron chi connectivity index (χ3n) is 5.94. The lowest BCUT2D eigenvalue weighted by atomic mass is 10.1. The molecule has 0 atom stereocenters. The predicted octanol–water partition coefficient (Wildman–Crippen LogP) is 4.21. The molecule has 0 bridgehead atoms. The summed E-state index contributed by atoms with van der Waals surface area (Å²) >= 11 is 6.07. The number of carbonyl (C=O) groups is 3. The van der Waals surface area contributed by atoms with E-state index in [9.17, 15) is 27.2 Å². The largest absolute Gasteiger partial charge is 0.483 e. The van der Waals surface area contributed by atoms with E-state index in [1.165, 1.54) is 49.1 Å². The Morgan fingerprint density at radius 2 is 1.68 bits per heavy atom. The van der Waals surface area contributed by atoms with Gasteiger partial charge < -0.3 is 14.4 Å². The van der Waals surface area contributed by atoms with E-state index < -0.39 is 45.8 Å². The number of allylic oxidation sites excluding steroid dienone is 2. The molecule has 1 heterocycles. The van der Waals surface area contributed by atoms with Gasteiger partial charge in [0.15, 0.2) is 12.2 Å². The van der Waals surface area contributed by atoms with Gasteiger partial charge in [-0.1, -0.05) is 23.7 Å². The van der Waals surface area contributed by atoms with Crippen LogP contribution in [0.1, 0.15) is 45.7 Å². The van der Waals surface area contributed by atoms with Gasteiger partial charge in [-0.15, -0.1) is 0 Å². The number of ether oxygens (including phenoxy) is 2. The Bertz CT molecular complexity index is 1510. The highest BCUT2D eigenvalue weighted by atomic mass is 35.5. The second-order valence-corrected chi connectivity index (χ2v) is 12.1. The number of hydrogen-bond donors (Lipinski definition) is 1.